The molecule has 3 rings (SSSR count). The first kappa shape index (κ1) is 33.6. The van der Waals surface area contributed by atoms with Gasteiger partial charge in [0.25, 0.3) is 5.91 Å². The molecule has 1 aliphatic rings. The molecule has 1 saturated heterocycles. The smallest absolute Gasteiger partial charge is 0.268 e. The summed E-state index contributed by atoms with van der Waals surface area (Å²) < 4.78 is 0. The molecule has 3 atom stereocenters. The van der Waals surface area contributed by atoms with E-state index in [9.17, 15) is 9.59 Å². The Morgan fingerprint density at radius 2 is 1.59 bits per heavy atom. The van der Waals surface area contributed by atoms with Crippen LogP contribution in [-0.4, -0.2) is 78.2 Å². The quantitative estimate of drug-likeness (QED) is 0.188. The van der Waals surface area contributed by atoms with Gasteiger partial charge >= 0.3 is 0 Å². The van der Waals surface area contributed by atoms with E-state index >= 15 is 0 Å². The molecule has 0 unspecified atom stereocenters. The second-order valence-electron chi connectivity index (χ2n) is 10.4. The molecule has 6 N–H and O–H groups in total. The Hall–Kier alpha value is -1.91. The van der Waals surface area contributed by atoms with Gasteiger partial charge < -0.3 is 26.6 Å². The Morgan fingerprint density at radius 3 is 2.22 bits per heavy atom. The number of amides is 2. The van der Waals surface area contributed by atoms with Gasteiger partial charge in [0.05, 0.1) is 26.1 Å². The first-order valence-corrected chi connectivity index (χ1v) is 15.3. The largest absolute Gasteiger partial charge is 0.335 e. The number of carbonyl (C=O) groups excluding carboxylic acids is 2. The molecule has 0 aliphatic carbocycles. The Labute approximate surface area is 262 Å². The van der Waals surface area contributed by atoms with Crippen molar-refractivity contribution in [1.82, 2.24) is 15.1 Å². The monoisotopic (exact) mass is 642 g/mol. The molecule has 0 radical (unpaired) electrons. The van der Waals surface area contributed by atoms with Gasteiger partial charge in [-0.05, 0) is 68.1 Å². The zero-order chi connectivity index (χ0) is 30.1. The number of nitrogens with zero attached hydrogens (tertiary/aromatic N) is 2. The molecule has 2 amide bonds. The number of hydrogen-bond donors (Lipinski definition) is 4. The third kappa shape index (κ3) is 9.55. The van der Waals surface area contributed by atoms with Crippen molar-refractivity contribution in [3.05, 3.63) is 67.6 Å². The zero-order valence-corrected chi connectivity index (χ0v) is 26.2. The predicted octanol–water partition coefficient (Wildman–Crippen LogP) is 4.58. The zero-order valence-electron chi connectivity index (χ0n) is 23.1. The molecule has 0 spiro atoms. The molecule has 1 heterocycles. The van der Waals surface area contributed by atoms with Gasteiger partial charge in [0.15, 0.2) is 0 Å². The number of rotatable bonds is 13. The summed E-state index contributed by atoms with van der Waals surface area (Å²) in [5.41, 5.74) is 13.5. The minimum absolute atomic E-state index is 0.0453. The molecule has 0 saturated carbocycles. The Kier molecular flexibility index (Phi) is 13.2. The number of hydrogen-bond acceptors (Lipinski definition) is 6. The summed E-state index contributed by atoms with van der Waals surface area (Å²) in [6.07, 6.45) is 2.91. The summed E-state index contributed by atoms with van der Waals surface area (Å²) in [5.74, 6) is -0.530. The average Bonchev–Trinajstić information content (AvgIpc) is 2.94. The summed E-state index contributed by atoms with van der Waals surface area (Å²) in [6, 6.07) is 9.02. The SMILES string of the molecule is C[C@@H]1CN(C(=O)[C@H](N)Cc2ccc(Cl)c(Cl)c2)[C@@H](CCCCNCCN)CN1C(=O)C(=N)Cc1ccc(Cl)c(Cl)c1. The van der Waals surface area contributed by atoms with Gasteiger partial charge in [-0.2, -0.15) is 0 Å². The second-order valence-corrected chi connectivity index (χ2v) is 12.1. The average molecular weight is 644 g/mol. The highest BCUT2D eigenvalue weighted by atomic mass is 35.5. The minimum atomic E-state index is -0.775. The molecule has 0 bridgehead atoms. The fourth-order valence-electron chi connectivity index (χ4n) is 5.02. The van der Waals surface area contributed by atoms with E-state index in [0.29, 0.717) is 52.6 Å². The van der Waals surface area contributed by atoms with Crippen molar-refractivity contribution < 1.29 is 9.59 Å². The number of carbonyl (C=O) groups is 2. The number of unbranched alkanes of at least 4 members (excludes halogenated alkanes) is 1. The van der Waals surface area contributed by atoms with Gasteiger partial charge in [-0.25, -0.2) is 0 Å². The summed E-state index contributed by atoms with van der Waals surface area (Å²) in [5, 5.41) is 13.5. The van der Waals surface area contributed by atoms with Gasteiger partial charge in [-0.1, -0.05) is 65.0 Å². The summed E-state index contributed by atoms with van der Waals surface area (Å²) >= 11 is 24.3. The Morgan fingerprint density at radius 1 is 0.951 bits per heavy atom. The normalized spacial score (nSPS) is 17.9. The number of benzene rings is 2. The van der Waals surface area contributed by atoms with Crippen LogP contribution < -0.4 is 16.8 Å². The summed E-state index contributed by atoms with van der Waals surface area (Å²) in [6.45, 7) is 4.69. The molecule has 1 fully saturated rings. The minimum Gasteiger partial charge on any atom is -0.335 e. The van der Waals surface area contributed by atoms with E-state index in [1.807, 2.05) is 17.9 Å². The molecule has 2 aromatic carbocycles. The Bertz CT molecular complexity index is 1230. The van der Waals surface area contributed by atoms with Crippen LogP contribution in [0.25, 0.3) is 0 Å². The lowest BCUT2D eigenvalue weighted by atomic mass is 9.97. The summed E-state index contributed by atoms with van der Waals surface area (Å²) in [4.78, 5) is 30.6. The maximum atomic E-state index is 13.6. The highest BCUT2D eigenvalue weighted by Gasteiger charge is 2.38. The van der Waals surface area contributed by atoms with Crippen LogP contribution in [0.2, 0.25) is 20.1 Å². The maximum absolute atomic E-state index is 13.6. The highest BCUT2D eigenvalue weighted by Crippen LogP contribution is 2.26. The lowest BCUT2D eigenvalue weighted by molar-refractivity contribution is -0.144. The van der Waals surface area contributed by atoms with Crippen LogP contribution in [0.1, 0.15) is 37.3 Å². The number of halogens is 4. The van der Waals surface area contributed by atoms with E-state index in [2.05, 4.69) is 5.32 Å². The van der Waals surface area contributed by atoms with Crippen molar-refractivity contribution in [2.75, 3.05) is 32.7 Å². The van der Waals surface area contributed by atoms with Gasteiger partial charge in [0.2, 0.25) is 5.91 Å². The highest BCUT2D eigenvalue weighted by molar-refractivity contribution is 6.42. The maximum Gasteiger partial charge on any atom is 0.268 e. The number of nitrogens with one attached hydrogen (secondary N) is 2. The second kappa shape index (κ2) is 16.1. The van der Waals surface area contributed by atoms with Crippen molar-refractivity contribution in [2.45, 2.75) is 57.2 Å². The fourth-order valence-corrected chi connectivity index (χ4v) is 5.66. The van der Waals surface area contributed by atoms with E-state index in [-0.39, 0.29) is 36.0 Å². The van der Waals surface area contributed by atoms with Gasteiger partial charge in [0, 0.05) is 44.7 Å². The fraction of sp³-hybridized carbons (Fsp3) is 0.483. The third-order valence-electron chi connectivity index (χ3n) is 7.23. The number of nitrogens with two attached hydrogens (primary N) is 2. The molecule has 8 nitrogen and oxygen atoms in total. The molecule has 2 aromatic rings. The summed E-state index contributed by atoms with van der Waals surface area (Å²) in [7, 11) is 0. The van der Waals surface area contributed by atoms with Crippen molar-refractivity contribution >= 4 is 63.9 Å². The molecule has 41 heavy (non-hydrogen) atoms. The van der Waals surface area contributed by atoms with Crippen molar-refractivity contribution in [3.63, 3.8) is 0 Å². The van der Waals surface area contributed by atoms with E-state index in [0.717, 1.165) is 37.1 Å². The van der Waals surface area contributed by atoms with Gasteiger partial charge in [-0.15, -0.1) is 0 Å². The van der Waals surface area contributed by atoms with E-state index in [4.69, 9.17) is 63.3 Å². The van der Waals surface area contributed by atoms with Crippen LogP contribution in [0.3, 0.4) is 0 Å². The molecule has 1 aliphatic heterocycles. The predicted molar refractivity (Wildman–Crippen MR) is 168 cm³/mol. The van der Waals surface area contributed by atoms with Crippen LogP contribution in [0.5, 0.6) is 0 Å². The van der Waals surface area contributed by atoms with Crippen LogP contribution in [0.4, 0.5) is 0 Å². The first-order valence-electron chi connectivity index (χ1n) is 13.7. The Balaban J connectivity index is 1.71. The number of piperazine rings is 1. The van der Waals surface area contributed by atoms with E-state index < -0.39 is 6.04 Å². The molecule has 224 valence electrons. The van der Waals surface area contributed by atoms with E-state index in [1.54, 1.807) is 35.2 Å². The van der Waals surface area contributed by atoms with Crippen molar-refractivity contribution in [1.29, 1.82) is 5.41 Å². The first-order chi connectivity index (χ1) is 19.5. The van der Waals surface area contributed by atoms with Crippen LogP contribution in [0, 0.1) is 5.41 Å². The lowest BCUT2D eigenvalue weighted by Gasteiger charge is -2.46. The standard InChI is InChI=1S/C29H38Cl4N6O2/c1-18-16-39(29(41)27(36)15-20-6-8-23(31)25(33)13-20)21(4-2-3-10-37-11-9-34)17-38(18)28(40)26(35)14-19-5-7-22(30)24(32)12-19/h5-8,12-13,18,21,27,35,37H,2-4,9-11,14-17,34,36H2,1H3/t18-,21+,27-/m1/s1. The lowest BCUT2D eigenvalue weighted by Crippen LogP contribution is -2.63. The van der Waals surface area contributed by atoms with Gasteiger partial charge in [-0.3, -0.25) is 15.0 Å². The van der Waals surface area contributed by atoms with Crippen LogP contribution >= 0.6 is 46.4 Å². The molecular weight excluding hydrogens is 606 g/mol. The molecule has 0 aromatic heterocycles. The van der Waals surface area contributed by atoms with Crippen LogP contribution in [0.15, 0.2) is 36.4 Å². The van der Waals surface area contributed by atoms with Crippen LogP contribution in [-0.2, 0) is 22.4 Å². The van der Waals surface area contributed by atoms with Crippen molar-refractivity contribution in [3.8, 4) is 0 Å². The third-order valence-corrected chi connectivity index (χ3v) is 8.71. The van der Waals surface area contributed by atoms with Gasteiger partial charge in [0.1, 0.15) is 5.71 Å². The topological polar surface area (TPSA) is 129 Å². The molecule has 12 heteroatoms. The van der Waals surface area contributed by atoms with E-state index in [1.165, 1.54) is 0 Å². The van der Waals surface area contributed by atoms with Crippen molar-refractivity contribution in [2.24, 2.45) is 11.5 Å². The molecular formula is C29H38Cl4N6O2.